The van der Waals surface area contributed by atoms with E-state index in [1.54, 1.807) is 24.4 Å². The normalized spacial score (nSPS) is 21.4. The number of ether oxygens (including phenoxy) is 1. The van der Waals surface area contributed by atoms with Gasteiger partial charge in [-0.1, -0.05) is 18.2 Å². The molecule has 1 aliphatic carbocycles. The third-order valence-corrected chi connectivity index (χ3v) is 5.34. The largest absolute Gasteiger partial charge is 0.375 e. The van der Waals surface area contributed by atoms with Gasteiger partial charge in [-0.3, -0.25) is 4.79 Å². The van der Waals surface area contributed by atoms with Gasteiger partial charge >= 0.3 is 0 Å². The van der Waals surface area contributed by atoms with Crippen LogP contribution in [0, 0.1) is 5.82 Å². The van der Waals surface area contributed by atoms with Crippen LogP contribution in [0.25, 0.3) is 0 Å². The number of hydrogen-bond donors (Lipinski definition) is 0. The average molecular weight is 355 g/mol. The Hall–Kier alpha value is -2.34. The Labute approximate surface area is 152 Å². The molecular weight excluding hydrogens is 333 g/mol. The number of halogens is 1. The summed E-state index contributed by atoms with van der Waals surface area (Å²) in [5.41, 5.74) is 0.839. The monoisotopic (exact) mass is 355 g/mol. The Morgan fingerprint density at radius 1 is 1.31 bits per heavy atom. The molecule has 2 aromatic rings. The minimum atomic E-state index is -0.667. The van der Waals surface area contributed by atoms with Gasteiger partial charge < -0.3 is 9.64 Å². The van der Waals surface area contributed by atoms with Crippen molar-refractivity contribution in [3.8, 4) is 0 Å². The van der Waals surface area contributed by atoms with Gasteiger partial charge in [-0.15, -0.1) is 0 Å². The van der Waals surface area contributed by atoms with Crippen molar-refractivity contribution in [1.29, 1.82) is 0 Å². The molecule has 4 rings (SSSR count). The van der Waals surface area contributed by atoms with Gasteiger partial charge in [0.15, 0.2) is 0 Å². The highest BCUT2D eigenvalue weighted by Crippen LogP contribution is 2.50. The Morgan fingerprint density at radius 3 is 2.88 bits per heavy atom. The van der Waals surface area contributed by atoms with Gasteiger partial charge in [-0.2, -0.15) is 0 Å². The van der Waals surface area contributed by atoms with Crippen molar-refractivity contribution in [3.63, 3.8) is 0 Å². The second kappa shape index (κ2) is 7.11. The quantitative estimate of drug-likeness (QED) is 0.827. The maximum absolute atomic E-state index is 14.2. The zero-order valence-corrected chi connectivity index (χ0v) is 14.6. The predicted octanol–water partition coefficient (Wildman–Crippen LogP) is 2.51. The molecule has 1 unspecified atom stereocenters. The van der Waals surface area contributed by atoms with Gasteiger partial charge in [-0.25, -0.2) is 14.4 Å². The van der Waals surface area contributed by atoms with Crippen LogP contribution in [0.3, 0.4) is 0 Å². The van der Waals surface area contributed by atoms with Crippen LogP contribution in [-0.4, -0.2) is 46.6 Å². The first kappa shape index (κ1) is 17.1. The predicted molar refractivity (Wildman–Crippen MR) is 94.0 cm³/mol. The Bertz CT molecular complexity index is 780. The van der Waals surface area contributed by atoms with E-state index in [0.717, 1.165) is 31.4 Å². The summed E-state index contributed by atoms with van der Waals surface area (Å²) in [5.74, 6) is -0.246. The third-order valence-electron chi connectivity index (χ3n) is 5.34. The number of carbonyl (C=O) groups excluding carboxylic acids is 1. The van der Waals surface area contributed by atoms with Gasteiger partial charge in [0.2, 0.25) is 5.91 Å². The summed E-state index contributed by atoms with van der Waals surface area (Å²) < 4.78 is 20.1. The van der Waals surface area contributed by atoms with E-state index in [-0.39, 0.29) is 17.8 Å². The van der Waals surface area contributed by atoms with Gasteiger partial charge in [0.1, 0.15) is 12.1 Å². The van der Waals surface area contributed by atoms with E-state index in [9.17, 15) is 9.18 Å². The molecule has 0 spiro atoms. The summed E-state index contributed by atoms with van der Waals surface area (Å²) in [6, 6.07) is 8.54. The lowest BCUT2D eigenvalue weighted by molar-refractivity contribution is -0.141. The third kappa shape index (κ3) is 3.33. The maximum atomic E-state index is 14.2. The first-order valence-corrected chi connectivity index (χ1v) is 9.10. The molecule has 1 atom stereocenters. The van der Waals surface area contributed by atoms with Crippen LogP contribution < -0.4 is 0 Å². The molecule has 0 radical (unpaired) electrons. The first-order chi connectivity index (χ1) is 12.7. The Morgan fingerprint density at radius 2 is 2.15 bits per heavy atom. The van der Waals surface area contributed by atoms with Crippen LogP contribution >= 0.6 is 0 Å². The highest BCUT2D eigenvalue weighted by Gasteiger charge is 2.54. The molecule has 2 fully saturated rings. The second-order valence-corrected chi connectivity index (χ2v) is 7.05. The van der Waals surface area contributed by atoms with E-state index < -0.39 is 5.41 Å². The number of aromatic nitrogens is 2. The molecule has 2 aliphatic rings. The van der Waals surface area contributed by atoms with Gasteiger partial charge in [0.25, 0.3) is 0 Å². The van der Waals surface area contributed by atoms with E-state index in [1.807, 2.05) is 11.0 Å². The number of benzene rings is 1. The zero-order valence-electron chi connectivity index (χ0n) is 14.6. The molecule has 1 aromatic heterocycles. The number of carbonyl (C=O) groups is 1. The smallest absolute Gasteiger partial charge is 0.233 e. The van der Waals surface area contributed by atoms with E-state index in [2.05, 4.69) is 9.97 Å². The number of nitrogens with zero attached hydrogens (tertiary/aromatic N) is 3. The number of morpholine rings is 1. The number of hydrogen-bond acceptors (Lipinski definition) is 4. The van der Waals surface area contributed by atoms with Crippen LogP contribution in [0.15, 0.2) is 42.9 Å². The summed E-state index contributed by atoms with van der Waals surface area (Å²) >= 11 is 0. The summed E-state index contributed by atoms with van der Waals surface area (Å²) in [5, 5.41) is 0. The van der Waals surface area contributed by atoms with Crippen molar-refractivity contribution < 1.29 is 13.9 Å². The number of amides is 1. The molecule has 0 bridgehead atoms. The minimum Gasteiger partial charge on any atom is -0.375 e. The molecule has 136 valence electrons. The van der Waals surface area contributed by atoms with Crippen molar-refractivity contribution in [2.75, 3.05) is 19.7 Å². The van der Waals surface area contributed by atoms with E-state index in [1.165, 1.54) is 12.4 Å². The molecular formula is C20H22FN3O2. The molecule has 2 heterocycles. The number of aryl methyl sites for hydroxylation is 1. The lowest BCUT2D eigenvalue weighted by Gasteiger charge is -2.35. The van der Waals surface area contributed by atoms with E-state index in [0.29, 0.717) is 25.3 Å². The van der Waals surface area contributed by atoms with Crippen LogP contribution in [0.2, 0.25) is 0 Å². The maximum Gasteiger partial charge on any atom is 0.233 e. The first-order valence-electron chi connectivity index (χ1n) is 9.10. The average Bonchev–Trinajstić information content (AvgIpc) is 3.49. The fourth-order valence-corrected chi connectivity index (χ4v) is 3.73. The topological polar surface area (TPSA) is 55.3 Å². The standard InChI is InChI=1S/C20H22FN3O2/c21-18-4-2-1-3-17(18)20(8-9-20)19(25)24-11-12-26-16(13-24)6-5-15-7-10-22-14-23-15/h1-4,7,10,14,16H,5-6,8-9,11-13H2. The molecule has 26 heavy (non-hydrogen) atoms. The summed E-state index contributed by atoms with van der Waals surface area (Å²) in [6.45, 7) is 1.65. The van der Waals surface area contributed by atoms with Crippen LogP contribution in [-0.2, 0) is 21.4 Å². The molecule has 1 aromatic carbocycles. The van der Waals surface area contributed by atoms with E-state index >= 15 is 0 Å². The molecule has 1 aliphatic heterocycles. The molecule has 5 nitrogen and oxygen atoms in total. The van der Waals surface area contributed by atoms with Gasteiger partial charge in [0.05, 0.1) is 18.1 Å². The fraction of sp³-hybridized carbons (Fsp3) is 0.450. The van der Waals surface area contributed by atoms with Crippen molar-refractivity contribution >= 4 is 5.91 Å². The van der Waals surface area contributed by atoms with Crippen molar-refractivity contribution in [3.05, 3.63) is 59.9 Å². The van der Waals surface area contributed by atoms with Crippen molar-refractivity contribution in [1.82, 2.24) is 14.9 Å². The summed E-state index contributed by atoms with van der Waals surface area (Å²) in [7, 11) is 0. The van der Waals surface area contributed by atoms with Crippen LogP contribution in [0.5, 0.6) is 0 Å². The molecule has 0 N–H and O–H groups in total. The molecule has 1 saturated carbocycles. The van der Waals surface area contributed by atoms with Gasteiger partial charge in [-0.05, 0) is 37.8 Å². The SMILES string of the molecule is O=C(N1CCOC(CCc2ccncn2)C1)C1(c2ccccc2F)CC1. The van der Waals surface area contributed by atoms with Crippen LogP contribution in [0.4, 0.5) is 4.39 Å². The van der Waals surface area contributed by atoms with Crippen molar-refractivity contribution in [2.24, 2.45) is 0 Å². The highest BCUT2D eigenvalue weighted by molar-refractivity contribution is 5.91. The lowest BCUT2D eigenvalue weighted by atomic mass is 9.93. The minimum absolute atomic E-state index is 0.0147. The fourth-order valence-electron chi connectivity index (χ4n) is 3.73. The Kier molecular flexibility index (Phi) is 4.68. The van der Waals surface area contributed by atoms with Crippen LogP contribution in [0.1, 0.15) is 30.5 Å². The summed E-state index contributed by atoms with van der Waals surface area (Å²) in [6.07, 6.45) is 6.27. The number of rotatable bonds is 5. The molecule has 1 amide bonds. The molecule has 6 heteroatoms. The molecule has 1 saturated heterocycles. The summed E-state index contributed by atoms with van der Waals surface area (Å²) in [4.78, 5) is 23.1. The highest BCUT2D eigenvalue weighted by atomic mass is 19.1. The Balaban J connectivity index is 1.41. The van der Waals surface area contributed by atoms with E-state index in [4.69, 9.17) is 4.74 Å². The zero-order chi connectivity index (χ0) is 18.0. The van der Waals surface area contributed by atoms with Crippen molar-refractivity contribution in [2.45, 2.75) is 37.2 Å². The van der Waals surface area contributed by atoms with Gasteiger partial charge in [0, 0.05) is 30.5 Å². The lowest BCUT2D eigenvalue weighted by Crippen LogP contribution is -2.49. The second-order valence-electron chi connectivity index (χ2n) is 7.05.